The maximum absolute atomic E-state index is 11.6. The predicted molar refractivity (Wildman–Crippen MR) is 57.0 cm³/mol. The molecule has 1 aliphatic heterocycles. The number of carbonyl (C=O) groups excluding carboxylic acids is 2. The molecule has 0 saturated heterocycles. The first-order chi connectivity index (χ1) is 7.65. The molecule has 1 aromatic heterocycles. The summed E-state index contributed by atoms with van der Waals surface area (Å²) in [6, 6.07) is 1.78. The van der Waals surface area contributed by atoms with Crippen LogP contribution in [0.3, 0.4) is 0 Å². The Morgan fingerprint density at radius 1 is 1.62 bits per heavy atom. The summed E-state index contributed by atoms with van der Waals surface area (Å²) in [5, 5.41) is 2.65. The summed E-state index contributed by atoms with van der Waals surface area (Å²) in [5.41, 5.74) is 1.99. The van der Waals surface area contributed by atoms with Crippen LogP contribution in [-0.2, 0) is 14.3 Å². The third kappa shape index (κ3) is 1.54. The lowest BCUT2D eigenvalue weighted by atomic mass is 10.1. The van der Waals surface area contributed by atoms with Crippen molar-refractivity contribution in [3.63, 3.8) is 0 Å². The molecule has 5 nitrogen and oxygen atoms in total. The standard InChI is InChI=1S/C11H12N2O3/c1-3-16-11(15)7-9-8(13-10(7)14)6(2)4-5-12-9/h4-5,7H,3H2,1-2H3,(H,13,14). The highest BCUT2D eigenvalue weighted by Gasteiger charge is 2.39. The number of hydrogen-bond donors (Lipinski definition) is 1. The Balaban J connectivity index is 2.40. The summed E-state index contributed by atoms with van der Waals surface area (Å²) in [6.07, 6.45) is 1.58. The molecule has 0 aromatic carbocycles. The maximum atomic E-state index is 11.6. The molecule has 2 rings (SSSR count). The van der Waals surface area contributed by atoms with Crippen LogP contribution < -0.4 is 5.32 Å². The van der Waals surface area contributed by atoms with E-state index in [0.29, 0.717) is 11.4 Å². The highest BCUT2D eigenvalue weighted by Crippen LogP contribution is 2.33. The average Bonchev–Trinajstić information content (AvgIpc) is 2.56. The van der Waals surface area contributed by atoms with Gasteiger partial charge in [-0.15, -0.1) is 0 Å². The Hall–Kier alpha value is -1.91. The summed E-state index contributed by atoms with van der Waals surface area (Å²) in [7, 11) is 0. The fraction of sp³-hybridized carbons (Fsp3) is 0.364. The van der Waals surface area contributed by atoms with Crippen molar-refractivity contribution in [1.82, 2.24) is 4.98 Å². The quantitative estimate of drug-likeness (QED) is 0.596. The van der Waals surface area contributed by atoms with Gasteiger partial charge in [0.15, 0.2) is 5.92 Å². The Kier molecular flexibility index (Phi) is 2.60. The molecule has 84 valence electrons. The minimum absolute atomic E-state index is 0.254. The van der Waals surface area contributed by atoms with Crippen molar-refractivity contribution in [3.8, 4) is 0 Å². The minimum Gasteiger partial charge on any atom is -0.465 e. The summed E-state index contributed by atoms with van der Waals surface area (Å²) >= 11 is 0. The lowest BCUT2D eigenvalue weighted by Crippen LogP contribution is -2.23. The maximum Gasteiger partial charge on any atom is 0.324 e. The van der Waals surface area contributed by atoms with Gasteiger partial charge in [0.2, 0.25) is 5.91 Å². The fourth-order valence-corrected chi connectivity index (χ4v) is 1.72. The van der Waals surface area contributed by atoms with E-state index in [4.69, 9.17) is 4.74 Å². The van der Waals surface area contributed by atoms with Gasteiger partial charge in [0.05, 0.1) is 18.0 Å². The molecule has 5 heteroatoms. The molecule has 0 saturated carbocycles. The molecule has 0 fully saturated rings. The van der Waals surface area contributed by atoms with Crippen LogP contribution in [0.25, 0.3) is 0 Å². The zero-order chi connectivity index (χ0) is 11.7. The SMILES string of the molecule is CCOC(=O)C1C(=O)Nc2c(C)ccnc21. The molecule has 16 heavy (non-hydrogen) atoms. The van der Waals surface area contributed by atoms with Gasteiger partial charge < -0.3 is 10.1 Å². The van der Waals surface area contributed by atoms with Crippen molar-refractivity contribution >= 4 is 17.6 Å². The highest BCUT2D eigenvalue weighted by molar-refractivity contribution is 6.14. The lowest BCUT2D eigenvalue weighted by Gasteiger charge is -2.06. The Morgan fingerprint density at radius 2 is 2.38 bits per heavy atom. The van der Waals surface area contributed by atoms with Crippen LogP contribution in [0.1, 0.15) is 24.1 Å². The first-order valence-corrected chi connectivity index (χ1v) is 5.08. The molecule has 1 atom stereocenters. The summed E-state index contributed by atoms with van der Waals surface area (Å²) in [5.74, 6) is -1.83. The number of aromatic nitrogens is 1. The van der Waals surface area contributed by atoms with E-state index < -0.39 is 11.9 Å². The van der Waals surface area contributed by atoms with Crippen molar-refractivity contribution in [2.45, 2.75) is 19.8 Å². The molecule has 0 radical (unpaired) electrons. The van der Waals surface area contributed by atoms with Crippen molar-refractivity contribution < 1.29 is 14.3 Å². The van der Waals surface area contributed by atoms with Gasteiger partial charge in [-0.1, -0.05) is 0 Å². The predicted octanol–water partition coefficient (Wildman–Crippen LogP) is 0.989. The van der Waals surface area contributed by atoms with Gasteiger partial charge >= 0.3 is 5.97 Å². The molecule has 1 aliphatic rings. The number of ether oxygens (including phenoxy) is 1. The van der Waals surface area contributed by atoms with Gasteiger partial charge in [-0.2, -0.15) is 0 Å². The number of esters is 1. The van der Waals surface area contributed by atoms with E-state index in [9.17, 15) is 9.59 Å². The van der Waals surface area contributed by atoms with Gasteiger partial charge in [-0.3, -0.25) is 14.6 Å². The Bertz CT molecular complexity index is 457. The molecule has 1 aromatic rings. The number of nitrogens with zero attached hydrogens (tertiary/aromatic N) is 1. The van der Waals surface area contributed by atoms with E-state index >= 15 is 0 Å². The topological polar surface area (TPSA) is 68.3 Å². The number of anilines is 1. The number of nitrogens with one attached hydrogen (secondary N) is 1. The molecule has 0 aliphatic carbocycles. The zero-order valence-corrected chi connectivity index (χ0v) is 9.11. The molecule has 1 unspecified atom stereocenters. The molecular weight excluding hydrogens is 208 g/mol. The number of aryl methyl sites for hydroxylation is 1. The smallest absolute Gasteiger partial charge is 0.324 e. The number of amides is 1. The molecule has 1 amide bonds. The monoisotopic (exact) mass is 220 g/mol. The van der Waals surface area contributed by atoms with Crippen LogP contribution in [-0.4, -0.2) is 23.5 Å². The van der Waals surface area contributed by atoms with E-state index in [1.165, 1.54) is 0 Å². The Morgan fingerprint density at radius 3 is 3.06 bits per heavy atom. The van der Waals surface area contributed by atoms with E-state index in [0.717, 1.165) is 5.56 Å². The number of carbonyl (C=O) groups is 2. The summed E-state index contributed by atoms with van der Waals surface area (Å²) in [4.78, 5) is 27.3. The van der Waals surface area contributed by atoms with Crippen LogP contribution in [0.4, 0.5) is 5.69 Å². The first-order valence-electron chi connectivity index (χ1n) is 5.08. The second-order valence-electron chi connectivity index (χ2n) is 3.56. The number of fused-ring (bicyclic) bond motifs is 1. The zero-order valence-electron chi connectivity index (χ0n) is 9.11. The van der Waals surface area contributed by atoms with E-state index in [2.05, 4.69) is 10.3 Å². The summed E-state index contributed by atoms with van der Waals surface area (Å²) < 4.78 is 4.85. The summed E-state index contributed by atoms with van der Waals surface area (Å²) in [6.45, 7) is 3.81. The largest absolute Gasteiger partial charge is 0.465 e. The molecule has 0 spiro atoms. The van der Waals surface area contributed by atoms with Gasteiger partial charge in [-0.25, -0.2) is 0 Å². The molecule has 2 heterocycles. The van der Waals surface area contributed by atoms with Crippen LogP contribution >= 0.6 is 0 Å². The van der Waals surface area contributed by atoms with Gasteiger partial charge in [0, 0.05) is 6.20 Å². The fourth-order valence-electron chi connectivity index (χ4n) is 1.72. The van der Waals surface area contributed by atoms with Gasteiger partial charge in [0.25, 0.3) is 0 Å². The number of pyridine rings is 1. The number of rotatable bonds is 2. The van der Waals surface area contributed by atoms with Crippen molar-refractivity contribution in [1.29, 1.82) is 0 Å². The van der Waals surface area contributed by atoms with Crippen LogP contribution in [0.2, 0.25) is 0 Å². The van der Waals surface area contributed by atoms with Crippen LogP contribution in [0.15, 0.2) is 12.3 Å². The van der Waals surface area contributed by atoms with Crippen molar-refractivity contribution in [3.05, 3.63) is 23.5 Å². The average molecular weight is 220 g/mol. The second kappa shape index (κ2) is 3.92. The highest BCUT2D eigenvalue weighted by atomic mass is 16.5. The lowest BCUT2D eigenvalue weighted by molar-refractivity contribution is -0.147. The third-order valence-corrected chi connectivity index (χ3v) is 2.49. The third-order valence-electron chi connectivity index (χ3n) is 2.49. The normalized spacial score (nSPS) is 17.9. The first kappa shape index (κ1) is 10.6. The number of hydrogen-bond acceptors (Lipinski definition) is 4. The van der Waals surface area contributed by atoms with E-state index in [-0.39, 0.29) is 12.5 Å². The van der Waals surface area contributed by atoms with E-state index in [1.807, 2.05) is 6.92 Å². The molecular formula is C11H12N2O3. The molecule has 0 bridgehead atoms. The van der Waals surface area contributed by atoms with Crippen LogP contribution in [0, 0.1) is 6.92 Å². The second-order valence-corrected chi connectivity index (χ2v) is 3.56. The van der Waals surface area contributed by atoms with E-state index in [1.54, 1.807) is 19.2 Å². The molecule has 1 N–H and O–H groups in total. The van der Waals surface area contributed by atoms with Gasteiger partial charge in [-0.05, 0) is 25.5 Å². The minimum atomic E-state index is -0.921. The van der Waals surface area contributed by atoms with Crippen molar-refractivity contribution in [2.75, 3.05) is 11.9 Å². The Labute approximate surface area is 92.8 Å². The van der Waals surface area contributed by atoms with Crippen molar-refractivity contribution in [2.24, 2.45) is 0 Å². The van der Waals surface area contributed by atoms with Crippen LogP contribution in [0.5, 0.6) is 0 Å². The van der Waals surface area contributed by atoms with Gasteiger partial charge in [0.1, 0.15) is 0 Å².